The Hall–Kier alpha value is -1.43. The second kappa shape index (κ2) is 4.84. The Kier molecular flexibility index (Phi) is 3.28. The Morgan fingerprint density at radius 1 is 1.40 bits per heavy atom. The molecule has 1 aromatic carbocycles. The van der Waals surface area contributed by atoms with Crippen LogP contribution in [0.3, 0.4) is 0 Å². The van der Waals surface area contributed by atoms with E-state index in [1.807, 2.05) is 0 Å². The van der Waals surface area contributed by atoms with Crippen LogP contribution in [0.15, 0.2) is 10.5 Å². The Morgan fingerprint density at radius 3 is 2.65 bits per heavy atom. The first-order valence-corrected chi connectivity index (χ1v) is 7.29. The van der Waals surface area contributed by atoms with Crippen molar-refractivity contribution in [1.82, 2.24) is 0 Å². The van der Waals surface area contributed by atoms with Gasteiger partial charge in [0.1, 0.15) is 23.4 Å². The highest BCUT2D eigenvalue weighted by molar-refractivity contribution is 9.10. The molecule has 1 saturated carbocycles. The van der Waals surface area contributed by atoms with Crippen LogP contribution in [0, 0.1) is 0 Å². The minimum atomic E-state index is -0.871. The summed E-state index contributed by atoms with van der Waals surface area (Å²) in [6.45, 7) is 0.934. The third-order valence-corrected chi connectivity index (χ3v) is 4.79. The molecule has 1 aromatic rings. The predicted molar refractivity (Wildman–Crippen MR) is 74.8 cm³/mol. The fraction of sp³-hybridized carbons (Fsp3) is 0.500. The minimum absolute atomic E-state index is 0.464. The maximum atomic E-state index is 11.7. The van der Waals surface area contributed by atoms with Crippen molar-refractivity contribution in [1.29, 1.82) is 0 Å². The normalized spacial score (nSPS) is 19.1. The van der Waals surface area contributed by atoms with Crippen molar-refractivity contribution in [2.45, 2.75) is 24.7 Å². The number of aliphatic carboxylic acids is 1. The van der Waals surface area contributed by atoms with Crippen molar-refractivity contribution in [2.24, 2.45) is 0 Å². The van der Waals surface area contributed by atoms with Crippen LogP contribution in [0.2, 0.25) is 0 Å². The molecule has 1 heterocycles. The SMILES string of the molecule is COc1c(C2(C(=O)O)CCC2)cc2c(c1Br)OCCO2. The lowest BCUT2D eigenvalue weighted by molar-refractivity contribution is -0.147. The van der Waals surface area contributed by atoms with Crippen LogP contribution >= 0.6 is 15.9 Å². The average Bonchev–Trinajstić information content (AvgIpc) is 2.37. The lowest BCUT2D eigenvalue weighted by Crippen LogP contribution is -2.42. The largest absolute Gasteiger partial charge is 0.495 e. The summed E-state index contributed by atoms with van der Waals surface area (Å²) in [5, 5.41) is 9.61. The molecule has 1 fully saturated rings. The molecule has 1 N–H and O–H groups in total. The molecular formula is C14H15BrO5. The van der Waals surface area contributed by atoms with Crippen molar-refractivity contribution in [2.75, 3.05) is 20.3 Å². The molecule has 0 radical (unpaired) electrons. The summed E-state index contributed by atoms with van der Waals surface area (Å²) in [5.74, 6) is 0.866. The first-order valence-electron chi connectivity index (χ1n) is 6.50. The first-order chi connectivity index (χ1) is 9.60. The first kappa shape index (κ1) is 13.5. The molecule has 1 aliphatic carbocycles. The number of fused-ring (bicyclic) bond motifs is 1. The number of hydrogen-bond acceptors (Lipinski definition) is 4. The molecule has 0 spiro atoms. The van der Waals surface area contributed by atoms with E-state index in [-0.39, 0.29) is 0 Å². The van der Waals surface area contributed by atoms with Gasteiger partial charge < -0.3 is 19.3 Å². The van der Waals surface area contributed by atoms with Gasteiger partial charge in [-0.1, -0.05) is 6.42 Å². The van der Waals surface area contributed by atoms with E-state index >= 15 is 0 Å². The second-order valence-electron chi connectivity index (χ2n) is 5.04. The molecule has 108 valence electrons. The third kappa shape index (κ3) is 1.78. The zero-order chi connectivity index (χ0) is 14.3. The summed E-state index contributed by atoms with van der Waals surface area (Å²) in [6, 6.07) is 1.76. The van der Waals surface area contributed by atoms with Gasteiger partial charge in [0.05, 0.1) is 12.5 Å². The standard InChI is InChI=1S/C14H15BrO5/c1-18-11-8(14(13(16)17)3-2-4-14)7-9-12(10(11)15)20-6-5-19-9/h7H,2-6H2,1H3,(H,16,17). The Labute approximate surface area is 125 Å². The van der Waals surface area contributed by atoms with E-state index in [1.165, 1.54) is 7.11 Å². The number of halogens is 1. The van der Waals surface area contributed by atoms with Gasteiger partial charge in [0, 0.05) is 5.56 Å². The van der Waals surface area contributed by atoms with Crippen LogP contribution in [0.25, 0.3) is 0 Å². The van der Waals surface area contributed by atoms with Crippen molar-refractivity contribution in [3.8, 4) is 17.2 Å². The molecule has 0 aromatic heterocycles. The Bertz CT molecular complexity index is 565. The molecule has 20 heavy (non-hydrogen) atoms. The van der Waals surface area contributed by atoms with Gasteiger partial charge in [-0.3, -0.25) is 4.79 Å². The molecule has 0 amide bonds. The zero-order valence-corrected chi connectivity index (χ0v) is 12.7. The fourth-order valence-corrected chi connectivity index (χ4v) is 3.50. The number of carbonyl (C=O) groups is 1. The molecule has 6 heteroatoms. The summed E-state index contributed by atoms with van der Waals surface area (Å²) in [4.78, 5) is 11.7. The molecule has 2 aliphatic rings. The lowest BCUT2D eigenvalue weighted by Gasteiger charge is -2.39. The van der Waals surface area contributed by atoms with Gasteiger partial charge in [-0.25, -0.2) is 0 Å². The maximum Gasteiger partial charge on any atom is 0.314 e. The number of rotatable bonds is 3. The van der Waals surface area contributed by atoms with Crippen molar-refractivity contribution >= 4 is 21.9 Å². The van der Waals surface area contributed by atoms with Crippen LogP contribution < -0.4 is 14.2 Å². The zero-order valence-electron chi connectivity index (χ0n) is 11.1. The predicted octanol–water partition coefficient (Wildman–Crippen LogP) is 2.74. The highest BCUT2D eigenvalue weighted by Crippen LogP contribution is 2.54. The highest BCUT2D eigenvalue weighted by Gasteiger charge is 2.49. The highest BCUT2D eigenvalue weighted by atomic mass is 79.9. The van der Waals surface area contributed by atoms with Crippen LogP contribution in [0.1, 0.15) is 24.8 Å². The quantitative estimate of drug-likeness (QED) is 0.914. The molecule has 1 aliphatic heterocycles. The van der Waals surface area contributed by atoms with Crippen LogP contribution in [-0.4, -0.2) is 31.4 Å². The van der Waals surface area contributed by atoms with Crippen molar-refractivity contribution in [3.63, 3.8) is 0 Å². The number of carboxylic acids is 1. The fourth-order valence-electron chi connectivity index (χ4n) is 2.81. The van der Waals surface area contributed by atoms with E-state index < -0.39 is 11.4 Å². The van der Waals surface area contributed by atoms with E-state index in [4.69, 9.17) is 14.2 Å². The monoisotopic (exact) mass is 342 g/mol. The van der Waals surface area contributed by atoms with Gasteiger partial charge in [0.25, 0.3) is 0 Å². The average molecular weight is 343 g/mol. The molecule has 0 unspecified atom stereocenters. The number of benzene rings is 1. The molecular weight excluding hydrogens is 328 g/mol. The van der Waals surface area contributed by atoms with Gasteiger partial charge in [0.15, 0.2) is 11.5 Å². The van der Waals surface area contributed by atoms with Gasteiger partial charge in [-0.15, -0.1) is 0 Å². The Balaban J connectivity index is 2.20. The number of carboxylic acid groups (broad SMARTS) is 1. The number of ether oxygens (including phenoxy) is 3. The van der Waals surface area contributed by atoms with Crippen molar-refractivity contribution < 1.29 is 24.1 Å². The third-order valence-electron chi connectivity index (χ3n) is 4.07. The second-order valence-corrected chi connectivity index (χ2v) is 5.83. The minimum Gasteiger partial charge on any atom is -0.495 e. The molecule has 3 rings (SSSR count). The molecule has 5 nitrogen and oxygen atoms in total. The van der Waals surface area contributed by atoms with Crippen LogP contribution in [-0.2, 0) is 10.2 Å². The van der Waals surface area contributed by atoms with Gasteiger partial charge in [-0.05, 0) is 34.8 Å². The van der Waals surface area contributed by atoms with Crippen LogP contribution in [0.5, 0.6) is 17.2 Å². The summed E-state index contributed by atoms with van der Waals surface area (Å²) in [6.07, 6.45) is 2.14. The van der Waals surface area contributed by atoms with E-state index in [2.05, 4.69) is 15.9 Å². The molecule has 0 saturated heterocycles. The van der Waals surface area contributed by atoms with Crippen LogP contribution in [0.4, 0.5) is 0 Å². The van der Waals surface area contributed by atoms with E-state index in [1.54, 1.807) is 6.07 Å². The lowest BCUT2D eigenvalue weighted by atomic mass is 9.64. The van der Waals surface area contributed by atoms with Gasteiger partial charge in [0.2, 0.25) is 0 Å². The molecule has 0 bridgehead atoms. The summed E-state index contributed by atoms with van der Waals surface area (Å²) in [5.41, 5.74) is -0.209. The topological polar surface area (TPSA) is 65.0 Å². The van der Waals surface area contributed by atoms with Gasteiger partial charge >= 0.3 is 5.97 Å². The van der Waals surface area contributed by atoms with E-state index in [0.29, 0.717) is 53.3 Å². The summed E-state index contributed by atoms with van der Waals surface area (Å²) < 4.78 is 17.2. The van der Waals surface area contributed by atoms with Crippen molar-refractivity contribution in [3.05, 3.63) is 16.1 Å². The Morgan fingerprint density at radius 2 is 2.10 bits per heavy atom. The van der Waals surface area contributed by atoms with E-state index in [9.17, 15) is 9.90 Å². The number of methoxy groups -OCH3 is 1. The van der Waals surface area contributed by atoms with E-state index in [0.717, 1.165) is 6.42 Å². The smallest absolute Gasteiger partial charge is 0.314 e. The molecule has 0 atom stereocenters. The summed E-state index contributed by atoms with van der Waals surface area (Å²) >= 11 is 3.45. The number of hydrogen-bond donors (Lipinski definition) is 1. The summed E-state index contributed by atoms with van der Waals surface area (Å²) in [7, 11) is 1.54. The maximum absolute atomic E-state index is 11.7. The van der Waals surface area contributed by atoms with Gasteiger partial charge in [-0.2, -0.15) is 0 Å².